The van der Waals surface area contributed by atoms with Gasteiger partial charge in [0.15, 0.2) is 0 Å². The van der Waals surface area contributed by atoms with E-state index in [1.807, 2.05) is 52.2 Å². The molecule has 1 N–H and O–H groups in total. The lowest BCUT2D eigenvalue weighted by molar-refractivity contribution is -0.142. The molecule has 0 bridgehead atoms. The van der Waals surface area contributed by atoms with Crippen LogP contribution in [0.2, 0.25) is 0 Å². The minimum atomic E-state index is -0.338. The fourth-order valence-corrected chi connectivity index (χ4v) is 5.24. The summed E-state index contributed by atoms with van der Waals surface area (Å²) in [5.74, 6) is 0.615. The second kappa shape index (κ2) is 11.6. The molecule has 0 fully saturated rings. The maximum Gasteiger partial charge on any atom is 0.318 e. The molecule has 3 heterocycles. The molecule has 2 amide bonds. The largest absolute Gasteiger partial charge is 0.466 e. The van der Waals surface area contributed by atoms with Crippen molar-refractivity contribution in [3.8, 4) is 11.5 Å². The van der Waals surface area contributed by atoms with Crippen LogP contribution in [-0.4, -0.2) is 44.4 Å². The van der Waals surface area contributed by atoms with Gasteiger partial charge >= 0.3 is 12.0 Å². The first kappa shape index (κ1) is 26.3. The Labute approximate surface area is 229 Å². The van der Waals surface area contributed by atoms with E-state index >= 15 is 0 Å². The van der Waals surface area contributed by atoms with Gasteiger partial charge in [0.2, 0.25) is 0 Å². The first-order chi connectivity index (χ1) is 19.0. The van der Waals surface area contributed by atoms with Gasteiger partial charge in [-0.3, -0.25) is 4.79 Å². The number of nitrogens with zero attached hydrogens (tertiary/aromatic N) is 4. The molecule has 0 spiro atoms. The number of amides is 2. The Morgan fingerprint density at radius 1 is 0.974 bits per heavy atom. The average molecular weight is 526 g/mol. The molecule has 1 aliphatic heterocycles. The van der Waals surface area contributed by atoms with E-state index in [9.17, 15) is 9.59 Å². The van der Waals surface area contributed by atoms with Gasteiger partial charge in [-0.25, -0.2) is 9.48 Å². The molecule has 1 aliphatic rings. The Kier molecular flexibility index (Phi) is 7.81. The van der Waals surface area contributed by atoms with Crippen LogP contribution in [0.15, 0.2) is 72.9 Å². The molecule has 0 radical (unpaired) electrons. The summed E-state index contributed by atoms with van der Waals surface area (Å²) in [6, 6.07) is 22.1. The minimum Gasteiger partial charge on any atom is -0.466 e. The van der Waals surface area contributed by atoms with Crippen LogP contribution in [0.5, 0.6) is 0 Å². The van der Waals surface area contributed by atoms with Gasteiger partial charge in [0, 0.05) is 18.3 Å². The van der Waals surface area contributed by atoms with Crippen molar-refractivity contribution in [2.45, 2.75) is 52.6 Å². The molecule has 0 unspecified atom stereocenters. The van der Waals surface area contributed by atoms with Crippen molar-refractivity contribution in [3.63, 3.8) is 0 Å². The van der Waals surface area contributed by atoms with Crippen molar-refractivity contribution >= 4 is 12.0 Å². The van der Waals surface area contributed by atoms with E-state index in [0.717, 1.165) is 46.9 Å². The second-order valence-corrected chi connectivity index (χ2v) is 9.57. The van der Waals surface area contributed by atoms with Gasteiger partial charge in [-0.1, -0.05) is 56.3 Å². The lowest BCUT2D eigenvalue weighted by Crippen LogP contribution is -2.42. The number of fused-ring (bicyclic) bond motifs is 3. The predicted octanol–water partition coefficient (Wildman–Crippen LogP) is 5.36. The van der Waals surface area contributed by atoms with E-state index in [1.54, 1.807) is 6.92 Å². The monoisotopic (exact) mass is 525 g/mol. The van der Waals surface area contributed by atoms with E-state index in [1.165, 1.54) is 5.56 Å². The van der Waals surface area contributed by atoms with Crippen molar-refractivity contribution in [2.75, 3.05) is 13.2 Å². The lowest BCUT2D eigenvalue weighted by Gasteiger charge is -2.31. The van der Waals surface area contributed by atoms with Crippen LogP contribution in [0.1, 0.15) is 61.3 Å². The Balaban J connectivity index is 1.62. The molecule has 5 rings (SSSR count). The van der Waals surface area contributed by atoms with Crippen LogP contribution in [0.4, 0.5) is 4.79 Å². The van der Waals surface area contributed by atoms with Crippen molar-refractivity contribution in [3.05, 3.63) is 101 Å². The van der Waals surface area contributed by atoms with Crippen molar-refractivity contribution in [1.29, 1.82) is 0 Å². The highest BCUT2D eigenvalue weighted by Crippen LogP contribution is 2.38. The molecule has 0 saturated carbocycles. The number of hydrogen-bond acceptors (Lipinski definition) is 4. The van der Waals surface area contributed by atoms with E-state index in [-0.39, 0.29) is 31.0 Å². The van der Waals surface area contributed by atoms with Crippen LogP contribution >= 0.6 is 0 Å². The summed E-state index contributed by atoms with van der Waals surface area (Å²) in [7, 11) is 0. The van der Waals surface area contributed by atoms with E-state index in [2.05, 4.69) is 54.1 Å². The number of urea groups is 1. The number of benzene rings is 2. The van der Waals surface area contributed by atoms with Gasteiger partial charge in [-0.05, 0) is 55.2 Å². The third kappa shape index (κ3) is 5.19. The molecule has 0 aliphatic carbocycles. The van der Waals surface area contributed by atoms with Gasteiger partial charge in [0.25, 0.3) is 0 Å². The van der Waals surface area contributed by atoms with Crippen molar-refractivity contribution in [1.82, 2.24) is 24.6 Å². The normalized spacial score (nSPS) is 14.3. The van der Waals surface area contributed by atoms with Crippen molar-refractivity contribution in [2.24, 2.45) is 0 Å². The highest BCUT2D eigenvalue weighted by Gasteiger charge is 2.36. The quantitative estimate of drug-likeness (QED) is 0.314. The van der Waals surface area contributed by atoms with Crippen LogP contribution < -0.4 is 5.32 Å². The standard InChI is InChI=1S/C31H35N5O3/c1-4-22-14-16-23(17-15-22)29-27-13-10-20-34(27)30-25(21-35(29)31(38)32-19-18-28(37)39-6-3)26(5-2)33-36(30)24-11-8-7-9-12-24/h7-17,20,29H,4-6,18-19,21H2,1-3H3,(H,32,38)/t29-/m1/s1. The minimum absolute atomic E-state index is 0.122. The molecule has 4 aromatic rings. The van der Waals surface area contributed by atoms with E-state index in [0.29, 0.717) is 13.2 Å². The van der Waals surface area contributed by atoms with Crippen LogP contribution in [-0.2, 0) is 28.9 Å². The first-order valence-electron chi connectivity index (χ1n) is 13.7. The second-order valence-electron chi connectivity index (χ2n) is 9.57. The highest BCUT2D eigenvalue weighted by atomic mass is 16.5. The van der Waals surface area contributed by atoms with Gasteiger partial charge in [0.1, 0.15) is 5.82 Å². The zero-order chi connectivity index (χ0) is 27.4. The van der Waals surface area contributed by atoms with E-state index in [4.69, 9.17) is 9.84 Å². The maximum absolute atomic E-state index is 13.8. The number of rotatable bonds is 8. The summed E-state index contributed by atoms with van der Waals surface area (Å²) in [6.07, 6.45) is 3.84. The number of ether oxygens (including phenoxy) is 1. The highest BCUT2D eigenvalue weighted by molar-refractivity contribution is 5.77. The number of para-hydroxylation sites is 1. The summed E-state index contributed by atoms with van der Waals surface area (Å²) in [5.41, 5.74) is 6.15. The summed E-state index contributed by atoms with van der Waals surface area (Å²) < 4.78 is 9.19. The predicted molar refractivity (Wildman–Crippen MR) is 150 cm³/mol. The average Bonchev–Trinajstić information content (AvgIpc) is 3.55. The summed E-state index contributed by atoms with van der Waals surface area (Å²) in [5, 5.41) is 7.97. The zero-order valence-electron chi connectivity index (χ0n) is 22.8. The third-order valence-electron chi connectivity index (χ3n) is 7.18. The molecule has 0 saturated heterocycles. The molecule has 1 atom stereocenters. The van der Waals surface area contributed by atoms with Crippen LogP contribution in [0.3, 0.4) is 0 Å². The maximum atomic E-state index is 13.8. The summed E-state index contributed by atoms with van der Waals surface area (Å²) in [4.78, 5) is 27.6. The molecule has 8 nitrogen and oxygen atoms in total. The molecular weight excluding hydrogens is 490 g/mol. The van der Waals surface area contributed by atoms with Crippen LogP contribution in [0, 0.1) is 0 Å². The van der Waals surface area contributed by atoms with Gasteiger partial charge in [-0.15, -0.1) is 0 Å². The number of aromatic nitrogens is 3. The van der Waals surface area contributed by atoms with Crippen LogP contribution in [0.25, 0.3) is 11.5 Å². The Morgan fingerprint density at radius 3 is 2.44 bits per heavy atom. The van der Waals surface area contributed by atoms with Crippen molar-refractivity contribution < 1.29 is 14.3 Å². The third-order valence-corrected chi connectivity index (χ3v) is 7.18. The summed E-state index contributed by atoms with van der Waals surface area (Å²) >= 11 is 0. The fraction of sp³-hybridized carbons (Fsp3) is 0.323. The number of nitrogens with one attached hydrogen (secondary N) is 1. The van der Waals surface area contributed by atoms with Gasteiger partial charge in [-0.2, -0.15) is 5.10 Å². The fourth-order valence-electron chi connectivity index (χ4n) is 5.24. The van der Waals surface area contributed by atoms with Gasteiger partial charge in [0.05, 0.1) is 42.7 Å². The number of carbonyl (C=O) groups excluding carboxylic acids is 2. The molecule has 202 valence electrons. The molecule has 2 aromatic carbocycles. The Morgan fingerprint density at radius 2 is 1.74 bits per heavy atom. The topological polar surface area (TPSA) is 81.4 Å². The smallest absolute Gasteiger partial charge is 0.318 e. The number of hydrogen-bond donors (Lipinski definition) is 1. The summed E-state index contributed by atoms with van der Waals surface area (Å²) in [6.45, 7) is 6.89. The molecular formula is C31H35N5O3. The SMILES string of the molecule is CCOC(=O)CCNC(=O)N1Cc2c(CC)nn(-c3ccccc3)c2-n2cccc2[C@H]1c1ccc(CC)cc1. The number of carbonyl (C=O) groups is 2. The first-order valence-corrected chi connectivity index (χ1v) is 13.7. The Bertz CT molecular complexity index is 1440. The van der Waals surface area contributed by atoms with E-state index < -0.39 is 0 Å². The molecule has 39 heavy (non-hydrogen) atoms. The zero-order valence-corrected chi connectivity index (χ0v) is 22.8. The molecule has 8 heteroatoms. The lowest BCUT2D eigenvalue weighted by atomic mass is 9.99. The molecule has 2 aromatic heterocycles. The number of esters is 1. The Hall–Kier alpha value is -4.33. The van der Waals surface area contributed by atoms with Gasteiger partial charge < -0.3 is 19.5 Å². The number of aryl methyl sites for hydroxylation is 2.